The minimum atomic E-state index is 0.0364. The molecule has 0 aliphatic rings. The summed E-state index contributed by atoms with van der Waals surface area (Å²) < 4.78 is 1.92. The highest BCUT2D eigenvalue weighted by atomic mass is 35.5. The minimum Gasteiger partial charge on any atom is -0.293 e. The molecule has 0 N–H and O–H groups in total. The van der Waals surface area contributed by atoms with E-state index in [-0.39, 0.29) is 11.5 Å². The molecule has 0 aliphatic heterocycles. The van der Waals surface area contributed by atoms with Crippen LogP contribution in [-0.4, -0.2) is 26.3 Å². The molecule has 0 unspecified atom stereocenters. The fourth-order valence-electron chi connectivity index (χ4n) is 2.81. The van der Waals surface area contributed by atoms with Gasteiger partial charge in [-0.15, -0.1) is 10.2 Å². The van der Waals surface area contributed by atoms with Crippen molar-refractivity contribution in [2.45, 2.75) is 5.16 Å². The van der Waals surface area contributed by atoms with Gasteiger partial charge in [0.15, 0.2) is 16.8 Å². The molecule has 1 heterocycles. The van der Waals surface area contributed by atoms with Crippen LogP contribution in [0.4, 0.5) is 0 Å². The normalized spacial score (nSPS) is 10.8. The van der Waals surface area contributed by atoms with Gasteiger partial charge in [0.05, 0.1) is 5.75 Å². The molecule has 0 aliphatic carbocycles. The third-order valence-electron chi connectivity index (χ3n) is 4.25. The Morgan fingerprint density at radius 1 is 0.828 bits per heavy atom. The van der Waals surface area contributed by atoms with Gasteiger partial charge in [-0.05, 0) is 48.5 Å². The Hall–Kier alpha value is -2.60. The van der Waals surface area contributed by atoms with Gasteiger partial charge in [0.2, 0.25) is 0 Å². The number of ketones is 1. The summed E-state index contributed by atoms with van der Waals surface area (Å²) in [7, 11) is 0. The topological polar surface area (TPSA) is 47.8 Å². The Bertz CT molecular complexity index is 1130. The molecule has 29 heavy (non-hydrogen) atoms. The number of benzene rings is 3. The molecule has 7 heteroatoms. The summed E-state index contributed by atoms with van der Waals surface area (Å²) in [5.41, 5.74) is 2.41. The van der Waals surface area contributed by atoms with Crippen LogP contribution in [0.2, 0.25) is 10.0 Å². The van der Waals surface area contributed by atoms with E-state index in [2.05, 4.69) is 10.2 Å². The van der Waals surface area contributed by atoms with Crippen LogP contribution in [0.1, 0.15) is 10.4 Å². The summed E-state index contributed by atoms with van der Waals surface area (Å²) in [4.78, 5) is 12.5. The van der Waals surface area contributed by atoms with Crippen molar-refractivity contribution in [2.75, 3.05) is 5.75 Å². The molecular weight excluding hydrogens is 425 g/mol. The van der Waals surface area contributed by atoms with E-state index in [4.69, 9.17) is 23.2 Å². The molecule has 0 saturated carbocycles. The molecule has 1 aromatic heterocycles. The third kappa shape index (κ3) is 4.53. The van der Waals surface area contributed by atoms with E-state index in [0.29, 0.717) is 26.6 Å². The van der Waals surface area contributed by atoms with Crippen molar-refractivity contribution >= 4 is 40.7 Å². The van der Waals surface area contributed by atoms with E-state index < -0.39 is 0 Å². The summed E-state index contributed by atoms with van der Waals surface area (Å²) in [5, 5.41) is 10.6. The smallest absolute Gasteiger partial charge is 0.196 e. The molecule has 0 radical (unpaired) electrons. The summed E-state index contributed by atoms with van der Waals surface area (Å²) >= 11 is 13.4. The van der Waals surface area contributed by atoms with Crippen LogP contribution in [0, 0.1) is 0 Å². The molecule has 0 saturated heterocycles. The summed E-state index contributed by atoms with van der Waals surface area (Å²) in [6.45, 7) is 0. The minimum absolute atomic E-state index is 0.0364. The first-order valence-electron chi connectivity index (χ1n) is 8.80. The fourth-order valence-corrected chi connectivity index (χ4v) is 3.91. The molecule has 4 nitrogen and oxygen atoms in total. The lowest BCUT2D eigenvalue weighted by Crippen LogP contribution is -2.04. The van der Waals surface area contributed by atoms with Gasteiger partial charge >= 0.3 is 0 Å². The summed E-state index contributed by atoms with van der Waals surface area (Å²) in [5.74, 6) is 0.962. The average molecular weight is 440 g/mol. The van der Waals surface area contributed by atoms with Gasteiger partial charge in [-0.2, -0.15) is 0 Å². The number of Topliss-reactive ketones (excluding diaryl/α,β-unsaturated/α-hetero) is 1. The Morgan fingerprint density at radius 3 is 2.10 bits per heavy atom. The van der Waals surface area contributed by atoms with Crippen LogP contribution in [0.25, 0.3) is 17.1 Å². The van der Waals surface area contributed by atoms with Crippen molar-refractivity contribution in [3.05, 3.63) is 94.5 Å². The van der Waals surface area contributed by atoms with Gasteiger partial charge in [0.1, 0.15) is 0 Å². The van der Waals surface area contributed by atoms with Gasteiger partial charge in [-0.1, -0.05) is 65.3 Å². The van der Waals surface area contributed by atoms with Crippen LogP contribution in [0.3, 0.4) is 0 Å². The third-order valence-corrected chi connectivity index (χ3v) is 5.68. The number of hydrogen-bond donors (Lipinski definition) is 0. The molecule has 0 fully saturated rings. The van der Waals surface area contributed by atoms with Crippen molar-refractivity contribution in [1.29, 1.82) is 0 Å². The predicted molar refractivity (Wildman–Crippen MR) is 118 cm³/mol. The number of thioether (sulfide) groups is 1. The van der Waals surface area contributed by atoms with E-state index in [9.17, 15) is 4.79 Å². The lowest BCUT2D eigenvalue weighted by molar-refractivity contribution is 0.102. The van der Waals surface area contributed by atoms with Crippen molar-refractivity contribution < 1.29 is 4.79 Å². The number of nitrogens with zero attached hydrogens (tertiary/aromatic N) is 3. The highest BCUT2D eigenvalue weighted by molar-refractivity contribution is 7.99. The van der Waals surface area contributed by atoms with Gasteiger partial charge in [0, 0.05) is 26.9 Å². The first-order valence-corrected chi connectivity index (χ1v) is 10.5. The zero-order valence-electron chi connectivity index (χ0n) is 15.1. The van der Waals surface area contributed by atoms with Gasteiger partial charge in [0.25, 0.3) is 0 Å². The summed E-state index contributed by atoms with van der Waals surface area (Å²) in [6, 6.07) is 24.0. The second-order valence-corrected chi connectivity index (χ2v) is 8.02. The van der Waals surface area contributed by atoms with Crippen molar-refractivity contribution in [2.24, 2.45) is 0 Å². The first-order chi connectivity index (χ1) is 14.1. The zero-order valence-corrected chi connectivity index (χ0v) is 17.5. The second-order valence-electron chi connectivity index (χ2n) is 6.20. The van der Waals surface area contributed by atoms with Crippen LogP contribution in [0.15, 0.2) is 84.0 Å². The molecule has 3 aromatic carbocycles. The Labute approximate surface area is 182 Å². The maximum Gasteiger partial charge on any atom is 0.196 e. The van der Waals surface area contributed by atoms with E-state index in [1.54, 1.807) is 0 Å². The maximum atomic E-state index is 12.5. The Kier molecular flexibility index (Phi) is 6.00. The van der Waals surface area contributed by atoms with Crippen molar-refractivity contribution in [3.8, 4) is 17.1 Å². The molecule has 0 atom stereocenters. The average Bonchev–Trinajstić information content (AvgIpc) is 3.17. The lowest BCUT2D eigenvalue weighted by Gasteiger charge is -2.10. The van der Waals surface area contributed by atoms with Gasteiger partial charge in [-0.25, -0.2) is 0 Å². The van der Waals surface area contributed by atoms with E-state index in [1.165, 1.54) is 11.8 Å². The van der Waals surface area contributed by atoms with E-state index >= 15 is 0 Å². The van der Waals surface area contributed by atoms with Crippen LogP contribution in [0.5, 0.6) is 0 Å². The number of carbonyl (C=O) groups is 1. The Morgan fingerprint density at radius 2 is 1.45 bits per heavy atom. The number of hydrogen-bond acceptors (Lipinski definition) is 4. The second kappa shape index (κ2) is 8.82. The molecule has 0 spiro atoms. The van der Waals surface area contributed by atoms with E-state index in [1.807, 2.05) is 83.4 Å². The fraction of sp³-hybridized carbons (Fsp3) is 0.0455. The van der Waals surface area contributed by atoms with Gasteiger partial charge < -0.3 is 0 Å². The Balaban J connectivity index is 1.69. The quantitative estimate of drug-likeness (QED) is 0.264. The monoisotopic (exact) mass is 439 g/mol. The first kappa shape index (κ1) is 19.7. The van der Waals surface area contributed by atoms with Crippen LogP contribution < -0.4 is 0 Å². The van der Waals surface area contributed by atoms with Crippen LogP contribution >= 0.6 is 35.0 Å². The number of carbonyl (C=O) groups excluding carboxylic acids is 1. The molecule has 4 aromatic rings. The standard InChI is InChI=1S/C22H15Cl2N3OS/c23-17-8-6-16(7-9-17)21-25-26-22(27(21)19-12-10-18(24)11-13-19)29-14-20(28)15-4-2-1-3-5-15/h1-13H,14H2. The lowest BCUT2D eigenvalue weighted by atomic mass is 10.2. The van der Waals surface area contributed by atoms with Crippen molar-refractivity contribution in [1.82, 2.24) is 14.8 Å². The number of aromatic nitrogens is 3. The maximum absolute atomic E-state index is 12.5. The predicted octanol–water partition coefficient (Wildman–Crippen LogP) is 6.22. The number of halogens is 2. The highest BCUT2D eigenvalue weighted by Gasteiger charge is 2.18. The van der Waals surface area contributed by atoms with Gasteiger partial charge in [-0.3, -0.25) is 9.36 Å². The highest BCUT2D eigenvalue weighted by Crippen LogP contribution is 2.29. The van der Waals surface area contributed by atoms with Crippen molar-refractivity contribution in [3.63, 3.8) is 0 Å². The molecule has 144 valence electrons. The largest absolute Gasteiger partial charge is 0.293 e. The summed E-state index contributed by atoms with van der Waals surface area (Å²) in [6.07, 6.45) is 0. The zero-order chi connectivity index (χ0) is 20.2. The van der Waals surface area contributed by atoms with E-state index in [0.717, 1.165) is 11.3 Å². The molecule has 0 bridgehead atoms. The molecule has 0 amide bonds. The van der Waals surface area contributed by atoms with Crippen LogP contribution in [-0.2, 0) is 0 Å². The SMILES string of the molecule is O=C(CSc1nnc(-c2ccc(Cl)cc2)n1-c1ccc(Cl)cc1)c1ccccc1. The molecular formula is C22H15Cl2N3OS. The number of rotatable bonds is 6. The molecule has 4 rings (SSSR count).